The van der Waals surface area contributed by atoms with E-state index in [9.17, 15) is 14.3 Å². The molecule has 1 aliphatic rings. The van der Waals surface area contributed by atoms with Crippen molar-refractivity contribution in [1.29, 1.82) is 0 Å². The second-order valence-corrected chi connectivity index (χ2v) is 6.63. The first-order valence-electron chi connectivity index (χ1n) is 7.87. The van der Waals surface area contributed by atoms with Gasteiger partial charge in [0.2, 0.25) is 5.67 Å². The number of hydrogen-bond acceptors (Lipinski definition) is 3. The van der Waals surface area contributed by atoms with E-state index in [-0.39, 0.29) is 35.7 Å². The third-order valence-corrected chi connectivity index (χ3v) is 4.73. The standard InChI is InChI=1S/C18H17ClF2N2O2/c1-10-6-13-16(22-8-10)15(24)4-5-18(13,21)17(25)23-9-11-2-3-12(20)7-14(11)19/h2-3,6-8,15,24H,4-5,9H2,1H3,(H,23,25)/t15-,18-/m0/s1. The van der Waals surface area contributed by atoms with E-state index in [0.29, 0.717) is 11.1 Å². The van der Waals surface area contributed by atoms with Crippen LogP contribution in [0.4, 0.5) is 8.78 Å². The molecule has 1 heterocycles. The average Bonchev–Trinajstić information content (AvgIpc) is 2.57. The Hall–Kier alpha value is -2.05. The summed E-state index contributed by atoms with van der Waals surface area (Å²) in [5.74, 6) is -1.31. The Balaban J connectivity index is 1.84. The molecule has 25 heavy (non-hydrogen) atoms. The average molecular weight is 367 g/mol. The molecule has 0 radical (unpaired) electrons. The van der Waals surface area contributed by atoms with Crippen LogP contribution in [0.2, 0.25) is 5.02 Å². The maximum Gasteiger partial charge on any atom is 0.262 e. The van der Waals surface area contributed by atoms with Crippen molar-refractivity contribution in [3.05, 3.63) is 63.7 Å². The number of benzene rings is 1. The summed E-state index contributed by atoms with van der Waals surface area (Å²) < 4.78 is 28.6. The van der Waals surface area contributed by atoms with Crippen LogP contribution in [0, 0.1) is 12.7 Å². The lowest BCUT2D eigenvalue weighted by molar-refractivity contribution is -0.135. The minimum atomic E-state index is -2.28. The summed E-state index contributed by atoms with van der Waals surface area (Å²) >= 11 is 5.93. The molecule has 2 N–H and O–H groups in total. The number of aryl methyl sites for hydroxylation is 1. The lowest BCUT2D eigenvalue weighted by Gasteiger charge is -2.32. The third-order valence-electron chi connectivity index (χ3n) is 4.37. The molecule has 2 aromatic rings. The quantitative estimate of drug-likeness (QED) is 0.874. The minimum absolute atomic E-state index is 0.0270. The molecule has 4 nitrogen and oxygen atoms in total. The van der Waals surface area contributed by atoms with Crippen molar-refractivity contribution < 1.29 is 18.7 Å². The monoisotopic (exact) mass is 366 g/mol. The summed E-state index contributed by atoms with van der Waals surface area (Å²) in [5, 5.41) is 12.7. The van der Waals surface area contributed by atoms with E-state index in [2.05, 4.69) is 10.3 Å². The number of aromatic nitrogens is 1. The van der Waals surface area contributed by atoms with Crippen LogP contribution in [0.1, 0.15) is 41.3 Å². The molecule has 0 saturated heterocycles. The van der Waals surface area contributed by atoms with Crippen molar-refractivity contribution in [3.63, 3.8) is 0 Å². The topological polar surface area (TPSA) is 62.2 Å². The van der Waals surface area contributed by atoms with Gasteiger partial charge in [-0.2, -0.15) is 0 Å². The van der Waals surface area contributed by atoms with Gasteiger partial charge in [-0.3, -0.25) is 9.78 Å². The van der Waals surface area contributed by atoms with Gasteiger partial charge < -0.3 is 10.4 Å². The maximum atomic E-state index is 15.5. The molecular weight excluding hydrogens is 350 g/mol. The zero-order valence-electron chi connectivity index (χ0n) is 13.5. The predicted molar refractivity (Wildman–Crippen MR) is 89.2 cm³/mol. The number of carbonyl (C=O) groups excluding carboxylic acids is 1. The van der Waals surface area contributed by atoms with Crippen LogP contribution in [-0.4, -0.2) is 16.0 Å². The predicted octanol–water partition coefficient (Wildman–Crippen LogP) is 3.49. The number of nitrogens with one attached hydrogen (secondary N) is 1. The van der Waals surface area contributed by atoms with Gasteiger partial charge in [0.25, 0.3) is 5.91 Å². The molecule has 2 atom stereocenters. The van der Waals surface area contributed by atoms with Gasteiger partial charge in [-0.1, -0.05) is 17.7 Å². The van der Waals surface area contributed by atoms with Gasteiger partial charge in [-0.15, -0.1) is 0 Å². The van der Waals surface area contributed by atoms with Crippen LogP contribution < -0.4 is 5.32 Å². The third kappa shape index (κ3) is 3.37. The molecule has 0 aliphatic heterocycles. The Morgan fingerprint density at radius 1 is 1.48 bits per heavy atom. The molecule has 7 heteroatoms. The number of carbonyl (C=O) groups is 1. The lowest BCUT2D eigenvalue weighted by Crippen LogP contribution is -2.44. The fourth-order valence-corrected chi connectivity index (χ4v) is 3.22. The van der Waals surface area contributed by atoms with Crippen molar-refractivity contribution in [1.82, 2.24) is 10.3 Å². The number of alkyl halides is 1. The highest BCUT2D eigenvalue weighted by molar-refractivity contribution is 6.31. The summed E-state index contributed by atoms with van der Waals surface area (Å²) in [6.07, 6.45) is 0.600. The number of rotatable bonds is 3. The van der Waals surface area contributed by atoms with Gasteiger partial charge >= 0.3 is 0 Å². The van der Waals surface area contributed by atoms with Gasteiger partial charge in [-0.05, 0) is 49.1 Å². The first kappa shape index (κ1) is 17.8. The van der Waals surface area contributed by atoms with E-state index < -0.39 is 23.5 Å². The van der Waals surface area contributed by atoms with Crippen LogP contribution >= 0.6 is 11.6 Å². The summed E-state index contributed by atoms with van der Waals surface area (Å²) in [4.78, 5) is 16.6. The smallest absolute Gasteiger partial charge is 0.262 e. The number of fused-ring (bicyclic) bond motifs is 1. The molecule has 0 unspecified atom stereocenters. The molecular formula is C18H17ClF2N2O2. The fourth-order valence-electron chi connectivity index (χ4n) is 2.99. The molecule has 1 aliphatic carbocycles. The molecule has 0 spiro atoms. The van der Waals surface area contributed by atoms with E-state index in [1.165, 1.54) is 24.4 Å². The van der Waals surface area contributed by atoms with Gasteiger partial charge in [0, 0.05) is 23.3 Å². The number of aliphatic hydroxyl groups is 1. The van der Waals surface area contributed by atoms with Gasteiger partial charge in [0.1, 0.15) is 5.82 Å². The van der Waals surface area contributed by atoms with Gasteiger partial charge in [0.05, 0.1) is 11.8 Å². The molecule has 132 valence electrons. The molecule has 0 fully saturated rings. The summed E-state index contributed by atoms with van der Waals surface area (Å²) in [7, 11) is 0. The number of pyridine rings is 1. The molecule has 0 saturated carbocycles. The van der Waals surface area contributed by atoms with E-state index in [1.807, 2.05) is 0 Å². The first-order chi connectivity index (χ1) is 11.8. The Labute approximate surface area is 148 Å². The van der Waals surface area contributed by atoms with E-state index >= 15 is 4.39 Å². The maximum absolute atomic E-state index is 15.5. The normalized spacial score (nSPS) is 22.4. The second-order valence-electron chi connectivity index (χ2n) is 6.22. The Kier molecular flexibility index (Phi) is 4.75. The fraction of sp³-hybridized carbons (Fsp3) is 0.333. The van der Waals surface area contributed by atoms with Crippen LogP contribution in [0.5, 0.6) is 0 Å². The zero-order valence-corrected chi connectivity index (χ0v) is 14.3. The number of amides is 1. The Morgan fingerprint density at radius 2 is 2.24 bits per heavy atom. The lowest BCUT2D eigenvalue weighted by atomic mass is 9.80. The van der Waals surface area contributed by atoms with Crippen molar-refractivity contribution in [2.75, 3.05) is 0 Å². The van der Waals surface area contributed by atoms with E-state index in [1.54, 1.807) is 6.92 Å². The van der Waals surface area contributed by atoms with Crippen molar-refractivity contribution in [2.24, 2.45) is 0 Å². The number of halogens is 3. The van der Waals surface area contributed by atoms with Crippen LogP contribution in [0.3, 0.4) is 0 Å². The second kappa shape index (κ2) is 6.69. The number of aliphatic hydroxyl groups excluding tert-OH is 1. The summed E-state index contributed by atoms with van der Waals surface area (Å²) in [6.45, 7) is 1.71. The SMILES string of the molecule is Cc1cnc2c(c1)[C@](F)(C(=O)NCc1ccc(F)cc1Cl)CC[C@@H]2O. The van der Waals surface area contributed by atoms with Crippen LogP contribution in [-0.2, 0) is 17.0 Å². The highest BCUT2D eigenvalue weighted by atomic mass is 35.5. The zero-order chi connectivity index (χ0) is 18.2. The summed E-state index contributed by atoms with van der Waals surface area (Å²) in [5.41, 5.74) is -0.814. The van der Waals surface area contributed by atoms with Crippen molar-refractivity contribution in [2.45, 2.75) is 38.1 Å². The molecule has 3 rings (SSSR count). The molecule has 1 aromatic heterocycles. The molecule has 1 amide bonds. The van der Waals surface area contributed by atoms with Crippen LogP contribution in [0.15, 0.2) is 30.5 Å². The van der Waals surface area contributed by atoms with Crippen molar-refractivity contribution in [3.8, 4) is 0 Å². The number of hydrogen-bond donors (Lipinski definition) is 2. The first-order valence-corrected chi connectivity index (χ1v) is 8.25. The highest BCUT2D eigenvalue weighted by Crippen LogP contribution is 2.42. The largest absolute Gasteiger partial charge is 0.387 e. The van der Waals surface area contributed by atoms with E-state index in [0.717, 1.165) is 6.07 Å². The minimum Gasteiger partial charge on any atom is -0.387 e. The highest BCUT2D eigenvalue weighted by Gasteiger charge is 2.46. The van der Waals surface area contributed by atoms with Gasteiger partial charge in [-0.25, -0.2) is 8.78 Å². The van der Waals surface area contributed by atoms with E-state index in [4.69, 9.17) is 11.6 Å². The number of nitrogens with zero attached hydrogens (tertiary/aromatic N) is 1. The van der Waals surface area contributed by atoms with Gasteiger partial charge in [0.15, 0.2) is 0 Å². The Bertz CT molecular complexity index is 831. The summed E-state index contributed by atoms with van der Waals surface area (Å²) in [6, 6.07) is 5.33. The van der Waals surface area contributed by atoms with Crippen LogP contribution in [0.25, 0.3) is 0 Å². The Morgan fingerprint density at radius 3 is 2.96 bits per heavy atom. The molecule has 0 bridgehead atoms. The van der Waals surface area contributed by atoms with Crippen molar-refractivity contribution >= 4 is 17.5 Å². The molecule has 1 aromatic carbocycles.